The van der Waals surface area contributed by atoms with Gasteiger partial charge in [-0.05, 0) is 36.7 Å². The Hall–Kier alpha value is -0.780. The highest BCUT2D eigenvalue weighted by Crippen LogP contribution is 2.08. The van der Waals surface area contributed by atoms with Crippen LogP contribution in [0.4, 0.5) is 4.39 Å². The summed E-state index contributed by atoms with van der Waals surface area (Å²) in [6, 6.07) is 5.52. The van der Waals surface area contributed by atoms with Gasteiger partial charge in [-0.25, -0.2) is 4.39 Å². The fraction of sp³-hybridized carbons (Fsp3) is 0.538. The number of benzene rings is 1. The lowest BCUT2D eigenvalue weighted by Crippen LogP contribution is -2.32. The summed E-state index contributed by atoms with van der Waals surface area (Å²) < 4.78 is 24.6. The largest absolute Gasteiger partial charge is 0.391 e. The molecule has 102 valence electrons. The zero-order valence-corrected chi connectivity index (χ0v) is 11.5. The molecule has 0 aliphatic heterocycles. The van der Waals surface area contributed by atoms with E-state index in [-0.39, 0.29) is 11.6 Å². The summed E-state index contributed by atoms with van der Waals surface area (Å²) in [4.78, 5) is 0.541. The Kier molecular flexibility index (Phi) is 6.46. The molecule has 0 heterocycles. The van der Waals surface area contributed by atoms with Crippen molar-refractivity contribution in [3.05, 3.63) is 30.1 Å². The van der Waals surface area contributed by atoms with Crippen molar-refractivity contribution < 1.29 is 13.7 Å². The summed E-state index contributed by atoms with van der Waals surface area (Å²) in [5.74, 6) is 0.325. The lowest BCUT2D eigenvalue weighted by Gasteiger charge is -2.12. The molecule has 0 amide bonds. The fourth-order valence-electron chi connectivity index (χ4n) is 1.45. The first-order valence-corrected chi connectivity index (χ1v) is 7.33. The first-order valence-electron chi connectivity index (χ1n) is 6.01. The SMILES string of the molecule is CC(C)CNCC(O)CS(=O)c1ccc(F)cc1. The topological polar surface area (TPSA) is 49.3 Å². The minimum atomic E-state index is -1.29. The molecule has 2 N–H and O–H groups in total. The molecule has 2 unspecified atom stereocenters. The molecule has 0 aromatic heterocycles. The molecule has 0 radical (unpaired) electrons. The molecule has 1 aromatic carbocycles. The lowest BCUT2D eigenvalue weighted by atomic mass is 10.2. The van der Waals surface area contributed by atoms with Crippen LogP contribution in [-0.2, 0) is 10.8 Å². The molecule has 2 atom stereocenters. The van der Waals surface area contributed by atoms with Gasteiger partial charge in [-0.3, -0.25) is 4.21 Å². The van der Waals surface area contributed by atoms with Gasteiger partial charge < -0.3 is 10.4 Å². The molecule has 5 heteroatoms. The van der Waals surface area contributed by atoms with Crippen molar-refractivity contribution in [1.29, 1.82) is 0 Å². The molecule has 0 spiro atoms. The van der Waals surface area contributed by atoms with Gasteiger partial charge >= 0.3 is 0 Å². The molecular weight excluding hydrogens is 253 g/mol. The number of rotatable bonds is 7. The number of hydrogen-bond donors (Lipinski definition) is 2. The Morgan fingerprint density at radius 1 is 1.28 bits per heavy atom. The van der Waals surface area contributed by atoms with Gasteiger partial charge in [-0.2, -0.15) is 0 Å². The van der Waals surface area contributed by atoms with Gasteiger partial charge in [0.05, 0.1) is 22.7 Å². The summed E-state index contributed by atoms with van der Waals surface area (Å²) in [5, 5.41) is 12.8. The average molecular weight is 273 g/mol. The second-order valence-electron chi connectivity index (χ2n) is 4.67. The molecule has 3 nitrogen and oxygen atoms in total. The Morgan fingerprint density at radius 2 is 1.89 bits per heavy atom. The van der Waals surface area contributed by atoms with E-state index >= 15 is 0 Å². The van der Waals surface area contributed by atoms with Gasteiger partial charge in [0.2, 0.25) is 0 Å². The van der Waals surface area contributed by atoms with Crippen molar-refractivity contribution in [1.82, 2.24) is 5.32 Å². The van der Waals surface area contributed by atoms with Crippen molar-refractivity contribution in [2.24, 2.45) is 5.92 Å². The van der Waals surface area contributed by atoms with Crippen LogP contribution < -0.4 is 5.32 Å². The van der Waals surface area contributed by atoms with Crippen LogP contribution in [0.3, 0.4) is 0 Å². The Morgan fingerprint density at radius 3 is 2.44 bits per heavy atom. The van der Waals surface area contributed by atoms with Crippen LogP contribution in [0, 0.1) is 11.7 Å². The van der Waals surface area contributed by atoms with E-state index in [1.807, 2.05) is 0 Å². The standard InChI is InChI=1S/C13H20FNO2S/c1-10(2)7-15-8-12(16)9-18(17)13-5-3-11(14)4-6-13/h3-6,10,12,15-16H,7-9H2,1-2H3. The zero-order chi connectivity index (χ0) is 13.5. The van der Waals surface area contributed by atoms with Gasteiger partial charge in [0.25, 0.3) is 0 Å². The third kappa shape index (κ3) is 5.71. The fourth-order valence-corrected chi connectivity index (χ4v) is 2.55. The van der Waals surface area contributed by atoms with Gasteiger partial charge in [-0.15, -0.1) is 0 Å². The van der Waals surface area contributed by atoms with Crippen LogP contribution in [0.15, 0.2) is 29.2 Å². The molecule has 0 saturated carbocycles. The first kappa shape index (κ1) is 15.3. The summed E-state index contributed by atoms with van der Waals surface area (Å²) >= 11 is 0. The quantitative estimate of drug-likeness (QED) is 0.792. The molecule has 0 fully saturated rings. The Balaban J connectivity index is 2.37. The number of aliphatic hydroxyl groups is 1. The maximum Gasteiger partial charge on any atom is 0.123 e. The molecule has 0 saturated heterocycles. The molecule has 18 heavy (non-hydrogen) atoms. The number of aliphatic hydroxyl groups excluding tert-OH is 1. The highest BCUT2D eigenvalue weighted by atomic mass is 32.2. The summed E-state index contributed by atoms with van der Waals surface area (Å²) in [6.45, 7) is 5.40. The molecule has 0 bridgehead atoms. The van der Waals surface area contributed by atoms with Gasteiger partial charge in [0.1, 0.15) is 5.82 Å². The maximum absolute atomic E-state index is 12.7. The van der Waals surface area contributed by atoms with Crippen LogP contribution in [0.5, 0.6) is 0 Å². The second-order valence-corrected chi connectivity index (χ2v) is 6.17. The summed E-state index contributed by atoms with van der Waals surface area (Å²) in [5.41, 5.74) is 0. The van der Waals surface area contributed by atoms with E-state index in [0.717, 1.165) is 6.54 Å². The van der Waals surface area contributed by atoms with Crippen LogP contribution in [0.25, 0.3) is 0 Å². The third-order valence-corrected chi connectivity index (χ3v) is 3.84. The van der Waals surface area contributed by atoms with Crippen molar-refractivity contribution in [3.8, 4) is 0 Å². The Bertz CT molecular complexity index is 381. The lowest BCUT2D eigenvalue weighted by molar-refractivity contribution is 0.193. The van der Waals surface area contributed by atoms with Gasteiger partial charge in [0.15, 0.2) is 0 Å². The van der Waals surface area contributed by atoms with Crippen molar-refractivity contribution in [2.45, 2.75) is 24.8 Å². The minimum Gasteiger partial charge on any atom is -0.391 e. The van der Waals surface area contributed by atoms with E-state index in [1.165, 1.54) is 24.3 Å². The van der Waals surface area contributed by atoms with Gasteiger partial charge in [-0.1, -0.05) is 13.8 Å². The second kappa shape index (κ2) is 7.61. The van der Waals surface area contributed by atoms with Crippen molar-refractivity contribution >= 4 is 10.8 Å². The predicted molar refractivity (Wildman–Crippen MR) is 71.4 cm³/mol. The van der Waals surface area contributed by atoms with E-state index < -0.39 is 16.9 Å². The predicted octanol–water partition coefficient (Wildman–Crippen LogP) is 1.54. The Labute approximate surface area is 110 Å². The normalized spacial score (nSPS) is 14.7. The highest BCUT2D eigenvalue weighted by Gasteiger charge is 2.11. The number of halogens is 1. The number of hydrogen-bond acceptors (Lipinski definition) is 3. The molecule has 1 rings (SSSR count). The molecule has 1 aromatic rings. The van der Waals surface area contributed by atoms with Crippen molar-refractivity contribution in [2.75, 3.05) is 18.8 Å². The van der Waals surface area contributed by atoms with Crippen molar-refractivity contribution in [3.63, 3.8) is 0 Å². The smallest absolute Gasteiger partial charge is 0.123 e. The van der Waals surface area contributed by atoms with E-state index in [4.69, 9.17) is 0 Å². The third-order valence-electron chi connectivity index (χ3n) is 2.35. The van der Waals surface area contributed by atoms with E-state index in [1.54, 1.807) is 0 Å². The monoisotopic (exact) mass is 273 g/mol. The first-order chi connectivity index (χ1) is 8.49. The van der Waals surface area contributed by atoms with Crippen LogP contribution in [-0.4, -0.2) is 34.3 Å². The maximum atomic E-state index is 12.7. The van der Waals surface area contributed by atoms with Crippen LogP contribution >= 0.6 is 0 Å². The summed E-state index contributed by atoms with van der Waals surface area (Å²) in [7, 11) is -1.29. The molecule has 0 aliphatic carbocycles. The van der Waals surface area contributed by atoms with E-state index in [9.17, 15) is 13.7 Å². The molecule has 0 aliphatic rings. The van der Waals surface area contributed by atoms with Crippen LogP contribution in [0.1, 0.15) is 13.8 Å². The van der Waals surface area contributed by atoms with E-state index in [2.05, 4.69) is 19.2 Å². The number of nitrogens with one attached hydrogen (secondary N) is 1. The molecular formula is C13H20FNO2S. The zero-order valence-electron chi connectivity index (χ0n) is 10.7. The van der Waals surface area contributed by atoms with Crippen LogP contribution in [0.2, 0.25) is 0 Å². The average Bonchev–Trinajstić information content (AvgIpc) is 2.29. The minimum absolute atomic E-state index is 0.163. The van der Waals surface area contributed by atoms with E-state index in [0.29, 0.717) is 17.4 Å². The van der Waals surface area contributed by atoms with Gasteiger partial charge in [0, 0.05) is 11.4 Å². The summed E-state index contributed by atoms with van der Waals surface area (Å²) in [6.07, 6.45) is -0.658. The highest BCUT2D eigenvalue weighted by molar-refractivity contribution is 7.85.